The van der Waals surface area contributed by atoms with Gasteiger partial charge in [0.1, 0.15) is 10.8 Å². The Kier molecular flexibility index (Phi) is 9.07. The smallest absolute Gasteiger partial charge is 0.220 e. The fourth-order valence-corrected chi connectivity index (χ4v) is 2.88. The number of halogens is 3. The Morgan fingerprint density at radius 3 is 2.96 bits per heavy atom. The summed E-state index contributed by atoms with van der Waals surface area (Å²) in [6.45, 7) is 3.57. The van der Waals surface area contributed by atoms with Gasteiger partial charge in [0, 0.05) is 18.5 Å². The van der Waals surface area contributed by atoms with Crippen LogP contribution in [-0.2, 0) is 4.79 Å². The van der Waals surface area contributed by atoms with Gasteiger partial charge in [-0.3, -0.25) is 4.79 Å². The molecule has 1 fully saturated rings. The Hall–Kier alpha value is -0.680. The van der Waals surface area contributed by atoms with Crippen LogP contribution in [0.25, 0.3) is 0 Å². The molecular weight excluding hydrogens is 359 g/mol. The molecule has 1 aromatic carbocycles. The Balaban J connectivity index is 0.00000264. The predicted molar refractivity (Wildman–Crippen MR) is 97.1 cm³/mol. The molecule has 2 rings (SSSR count). The molecule has 2 N–H and O–H groups in total. The van der Waals surface area contributed by atoms with Crippen LogP contribution in [-0.4, -0.2) is 31.1 Å². The van der Waals surface area contributed by atoms with E-state index in [1.165, 1.54) is 0 Å². The largest absolute Gasteiger partial charge is 0.492 e. The van der Waals surface area contributed by atoms with E-state index < -0.39 is 0 Å². The molecule has 0 spiro atoms. The van der Waals surface area contributed by atoms with Gasteiger partial charge in [-0.2, -0.15) is 0 Å². The first-order chi connectivity index (χ1) is 10.6. The lowest BCUT2D eigenvalue weighted by Crippen LogP contribution is -2.51. The number of amides is 1. The molecule has 0 bridgehead atoms. The summed E-state index contributed by atoms with van der Waals surface area (Å²) in [5, 5.41) is 7.34. The van der Waals surface area contributed by atoms with Crippen LogP contribution in [0.15, 0.2) is 18.2 Å². The van der Waals surface area contributed by atoms with Gasteiger partial charge < -0.3 is 15.4 Å². The van der Waals surface area contributed by atoms with Gasteiger partial charge in [0.2, 0.25) is 5.91 Å². The van der Waals surface area contributed by atoms with Crippen molar-refractivity contribution in [3.05, 3.63) is 28.2 Å². The van der Waals surface area contributed by atoms with Crippen LogP contribution in [0.4, 0.5) is 0 Å². The molecule has 1 amide bonds. The lowest BCUT2D eigenvalue weighted by Gasteiger charge is -2.30. The van der Waals surface area contributed by atoms with Crippen molar-refractivity contribution in [3.8, 4) is 5.75 Å². The lowest BCUT2D eigenvalue weighted by atomic mass is 10.00. The summed E-state index contributed by atoms with van der Waals surface area (Å²) in [5.74, 6) is 0.626. The van der Waals surface area contributed by atoms with Crippen LogP contribution >= 0.6 is 35.6 Å². The van der Waals surface area contributed by atoms with Crippen molar-refractivity contribution in [2.75, 3.05) is 13.2 Å². The molecule has 0 saturated carbocycles. The standard InChI is InChI=1S/C16H22Cl2N2O2.ClH/c1-11-13(6-3-9-19-11)20-15(21)8-4-10-22-14-7-2-5-12(17)16(14)18;/h2,5,7,11,13,19H,3-4,6,8-10H2,1H3,(H,20,21);1H. The van der Waals surface area contributed by atoms with Gasteiger partial charge >= 0.3 is 0 Å². The highest BCUT2D eigenvalue weighted by Gasteiger charge is 2.21. The minimum absolute atomic E-state index is 0. The Labute approximate surface area is 153 Å². The number of benzene rings is 1. The number of rotatable bonds is 6. The average molecular weight is 382 g/mol. The molecule has 2 unspecified atom stereocenters. The summed E-state index contributed by atoms with van der Waals surface area (Å²) < 4.78 is 5.57. The van der Waals surface area contributed by atoms with Gasteiger partial charge in [0.05, 0.1) is 11.6 Å². The summed E-state index contributed by atoms with van der Waals surface area (Å²) in [5.41, 5.74) is 0. The SMILES string of the molecule is CC1NCCCC1NC(=O)CCCOc1cccc(Cl)c1Cl.Cl. The Bertz CT molecular complexity index is 514. The van der Waals surface area contributed by atoms with E-state index in [2.05, 4.69) is 17.6 Å². The highest BCUT2D eigenvalue weighted by Crippen LogP contribution is 2.31. The third-order valence-corrected chi connectivity index (χ3v) is 4.63. The van der Waals surface area contributed by atoms with Crippen molar-refractivity contribution in [2.45, 2.75) is 44.7 Å². The maximum atomic E-state index is 11.9. The number of nitrogens with one attached hydrogen (secondary N) is 2. The second-order valence-electron chi connectivity index (χ2n) is 5.56. The first kappa shape index (κ1) is 20.4. The maximum absolute atomic E-state index is 11.9. The first-order valence-electron chi connectivity index (χ1n) is 7.67. The summed E-state index contributed by atoms with van der Waals surface area (Å²) >= 11 is 12.0. The molecule has 7 heteroatoms. The Morgan fingerprint density at radius 2 is 2.22 bits per heavy atom. The van der Waals surface area contributed by atoms with E-state index in [9.17, 15) is 4.79 Å². The quantitative estimate of drug-likeness (QED) is 0.736. The zero-order valence-corrected chi connectivity index (χ0v) is 15.4. The molecule has 1 aliphatic rings. The molecule has 2 atom stereocenters. The third-order valence-electron chi connectivity index (χ3n) is 3.83. The highest BCUT2D eigenvalue weighted by atomic mass is 35.5. The van der Waals surface area contributed by atoms with Gasteiger partial charge in [0.15, 0.2) is 0 Å². The van der Waals surface area contributed by atoms with E-state index in [-0.39, 0.29) is 24.4 Å². The van der Waals surface area contributed by atoms with E-state index >= 15 is 0 Å². The van der Waals surface area contributed by atoms with Crippen LogP contribution in [0.3, 0.4) is 0 Å². The molecule has 4 nitrogen and oxygen atoms in total. The van der Waals surface area contributed by atoms with Gasteiger partial charge in [-0.05, 0) is 44.9 Å². The van der Waals surface area contributed by atoms with Crippen LogP contribution in [0.5, 0.6) is 5.75 Å². The molecule has 1 aromatic rings. The highest BCUT2D eigenvalue weighted by molar-refractivity contribution is 6.42. The van der Waals surface area contributed by atoms with Gasteiger partial charge in [-0.15, -0.1) is 12.4 Å². The monoisotopic (exact) mass is 380 g/mol. The van der Waals surface area contributed by atoms with E-state index in [4.69, 9.17) is 27.9 Å². The zero-order chi connectivity index (χ0) is 15.9. The molecule has 130 valence electrons. The molecule has 0 radical (unpaired) electrons. The number of carbonyl (C=O) groups excluding carboxylic acids is 1. The van der Waals surface area contributed by atoms with E-state index in [1.54, 1.807) is 18.2 Å². The molecule has 23 heavy (non-hydrogen) atoms. The number of hydrogen-bond donors (Lipinski definition) is 2. The van der Waals surface area contributed by atoms with E-state index in [1.807, 2.05) is 0 Å². The van der Waals surface area contributed by atoms with Crippen molar-refractivity contribution in [2.24, 2.45) is 0 Å². The minimum Gasteiger partial charge on any atom is -0.492 e. The van der Waals surface area contributed by atoms with Crippen LogP contribution in [0.1, 0.15) is 32.6 Å². The first-order valence-corrected chi connectivity index (χ1v) is 8.43. The van der Waals surface area contributed by atoms with Crippen molar-refractivity contribution >= 4 is 41.5 Å². The predicted octanol–water partition coefficient (Wildman–Crippen LogP) is 3.83. The second-order valence-corrected chi connectivity index (χ2v) is 6.35. The molecule has 1 aliphatic heterocycles. The number of carbonyl (C=O) groups is 1. The van der Waals surface area contributed by atoms with Crippen molar-refractivity contribution in [1.29, 1.82) is 0 Å². The van der Waals surface area contributed by atoms with Crippen molar-refractivity contribution in [1.82, 2.24) is 10.6 Å². The lowest BCUT2D eigenvalue weighted by molar-refractivity contribution is -0.122. The molecule has 0 aliphatic carbocycles. The summed E-state index contributed by atoms with van der Waals surface area (Å²) in [4.78, 5) is 11.9. The van der Waals surface area contributed by atoms with Gasteiger partial charge in [-0.25, -0.2) is 0 Å². The summed E-state index contributed by atoms with van der Waals surface area (Å²) in [7, 11) is 0. The molecule has 1 heterocycles. The number of hydrogen-bond acceptors (Lipinski definition) is 3. The fourth-order valence-electron chi connectivity index (χ4n) is 2.53. The molecule has 0 aromatic heterocycles. The van der Waals surface area contributed by atoms with Gasteiger partial charge in [-0.1, -0.05) is 29.3 Å². The normalized spacial score (nSPS) is 20.5. The van der Waals surface area contributed by atoms with E-state index in [0.29, 0.717) is 41.3 Å². The minimum atomic E-state index is 0. The molecular formula is C16H23Cl3N2O2. The van der Waals surface area contributed by atoms with Crippen LogP contribution < -0.4 is 15.4 Å². The summed E-state index contributed by atoms with van der Waals surface area (Å²) in [6.07, 6.45) is 3.23. The maximum Gasteiger partial charge on any atom is 0.220 e. The second kappa shape index (κ2) is 10.2. The van der Waals surface area contributed by atoms with Crippen molar-refractivity contribution in [3.63, 3.8) is 0 Å². The zero-order valence-electron chi connectivity index (χ0n) is 13.1. The van der Waals surface area contributed by atoms with Gasteiger partial charge in [0.25, 0.3) is 0 Å². The third kappa shape index (κ3) is 6.38. The number of piperidine rings is 1. The average Bonchev–Trinajstić information content (AvgIpc) is 2.50. The topological polar surface area (TPSA) is 50.4 Å². The number of ether oxygens (including phenoxy) is 1. The van der Waals surface area contributed by atoms with Crippen LogP contribution in [0, 0.1) is 0 Å². The van der Waals surface area contributed by atoms with Crippen LogP contribution in [0.2, 0.25) is 10.0 Å². The summed E-state index contributed by atoms with van der Waals surface area (Å²) in [6, 6.07) is 5.82. The Morgan fingerprint density at radius 1 is 1.43 bits per heavy atom. The molecule has 1 saturated heterocycles. The van der Waals surface area contributed by atoms with E-state index in [0.717, 1.165) is 19.4 Å². The fraction of sp³-hybridized carbons (Fsp3) is 0.562. The van der Waals surface area contributed by atoms with Crippen molar-refractivity contribution < 1.29 is 9.53 Å².